The zero-order chi connectivity index (χ0) is 17.2. The quantitative estimate of drug-likeness (QED) is 0.408. The number of fused-ring (bicyclic) bond motifs is 1. The average molecular weight is 335 g/mol. The van der Waals surface area contributed by atoms with Crippen molar-refractivity contribution in [2.24, 2.45) is 0 Å². The summed E-state index contributed by atoms with van der Waals surface area (Å²) in [5.41, 5.74) is 3.51. The van der Waals surface area contributed by atoms with Crippen LogP contribution in [-0.4, -0.2) is 34.9 Å². The Kier molecular flexibility index (Phi) is 3.65. The van der Waals surface area contributed by atoms with Gasteiger partial charge in [-0.15, -0.1) is 10.2 Å². The van der Waals surface area contributed by atoms with E-state index in [1.807, 2.05) is 30.5 Å². The van der Waals surface area contributed by atoms with Crippen molar-refractivity contribution < 1.29 is 4.92 Å². The van der Waals surface area contributed by atoms with Crippen molar-refractivity contribution in [3.8, 4) is 0 Å². The fraction of sp³-hybridized carbons (Fsp3) is 0.125. The zero-order valence-electron chi connectivity index (χ0n) is 13.1. The van der Waals surface area contributed by atoms with Crippen LogP contribution in [-0.2, 0) is 13.1 Å². The first-order valence-corrected chi connectivity index (χ1v) is 7.59. The normalized spacial score (nSPS) is 11.0. The van der Waals surface area contributed by atoms with Gasteiger partial charge in [0.05, 0.1) is 29.7 Å². The first kappa shape index (κ1) is 14.9. The van der Waals surface area contributed by atoms with Gasteiger partial charge in [-0.3, -0.25) is 10.1 Å². The van der Waals surface area contributed by atoms with Crippen LogP contribution in [0, 0.1) is 10.1 Å². The molecule has 9 heteroatoms. The summed E-state index contributed by atoms with van der Waals surface area (Å²) in [6, 6.07) is 14.1. The third-order valence-electron chi connectivity index (χ3n) is 3.81. The molecule has 9 nitrogen and oxygen atoms in total. The van der Waals surface area contributed by atoms with E-state index < -0.39 is 4.92 Å². The molecular weight excluding hydrogens is 322 g/mol. The van der Waals surface area contributed by atoms with Gasteiger partial charge in [-0.1, -0.05) is 34.7 Å². The Balaban J connectivity index is 1.49. The summed E-state index contributed by atoms with van der Waals surface area (Å²) < 4.78 is 3.46. The fourth-order valence-electron chi connectivity index (χ4n) is 2.59. The van der Waals surface area contributed by atoms with Gasteiger partial charge in [0, 0.05) is 12.1 Å². The van der Waals surface area contributed by atoms with Crippen LogP contribution in [0.2, 0.25) is 0 Å². The number of nitrogens with zero attached hydrogens (tertiary/aromatic N) is 7. The predicted molar refractivity (Wildman–Crippen MR) is 88.9 cm³/mol. The van der Waals surface area contributed by atoms with E-state index in [2.05, 4.69) is 20.6 Å². The van der Waals surface area contributed by atoms with Crippen LogP contribution in [0.5, 0.6) is 0 Å². The summed E-state index contributed by atoms with van der Waals surface area (Å²) in [5.74, 6) is 0. The molecule has 0 N–H and O–H groups in total. The number of rotatable bonds is 5. The highest BCUT2D eigenvalue weighted by atomic mass is 16.6. The summed E-state index contributed by atoms with van der Waals surface area (Å²) in [4.78, 5) is 10.3. The third kappa shape index (κ3) is 3.07. The number of nitro benzene ring substituents is 1. The predicted octanol–water partition coefficient (Wildman–Crippen LogP) is 2.03. The molecule has 2 heterocycles. The van der Waals surface area contributed by atoms with Gasteiger partial charge in [-0.05, 0) is 17.7 Å². The molecule has 0 atom stereocenters. The SMILES string of the molecule is O=[N+]([O-])c1ccc(Cn2cc(Cn3nnc4ccccc43)nn2)cc1. The van der Waals surface area contributed by atoms with Gasteiger partial charge in [0.15, 0.2) is 0 Å². The highest BCUT2D eigenvalue weighted by molar-refractivity contribution is 5.73. The van der Waals surface area contributed by atoms with E-state index in [0.717, 1.165) is 22.3 Å². The lowest BCUT2D eigenvalue weighted by Crippen LogP contribution is -2.02. The molecule has 124 valence electrons. The number of hydrogen-bond acceptors (Lipinski definition) is 6. The topological polar surface area (TPSA) is 105 Å². The fourth-order valence-corrected chi connectivity index (χ4v) is 2.59. The molecule has 0 saturated carbocycles. The Morgan fingerprint density at radius 3 is 2.56 bits per heavy atom. The van der Waals surface area contributed by atoms with E-state index in [1.54, 1.807) is 21.5 Å². The van der Waals surface area contributed by atoms with Crippen molar-refractivity contribution in [2.75, 3.05) is 0 Å². The maximum Gasteiger partial charge on any atom is 0.269 e. The van der Waals surface area contributed by atoms with Crippen LogP contribution in [0.1, 0.15) is 11.3 Å². The Bertz CT molecular complexity index is 1040. The first-order chi connectivity index (χ1) is 12.2. The maximum absolute atomic E-state index is 10.7. The van der Waals surface area contributed by atoms with Crippen molar-refractivity contribution >= 4 is 16.7 Å². The minimum Gasteiger partial charge on any atom is -0.258 e. The Morgan fingerprint density at radius 2 is 1.76 bits per heavy atom. The van der Waals surface area contributed by atoms with Crippen molar-refractivity contribution in [2.45, 2.75) is 13.1 Å². The lowest BCUT2D eigenvalue weighted by atomic mass is 10.2. The number of hydrogen-bond donors (Lipinski definition) is 0. The summed E-state index contributed by atoms with van der Waals surface area (Å²) >= 11 is 0. The monoisotopic (exact) mass is 335 g/mol. The molecule has 0 aliphatic heterocycles. The molecule has 4 rings (SSSR count). The second-order valence-corrected chi connectivity index (χ2v) is 5.57. The van der Waals surface area contributed by atoms with E-state index in [0.29, 0.717) is 13.1 Å². The molecule has 2 aromatic heterocycles. The lowest BCUT2D eigenvalue weighted by Gasteiger charge is -2.00. The minimum atomic E-state index is -0.417. The van der Waals surface area contributed by atoms with Gasteiger partial charge in [-0.2, -0.15) is 0 Å². The second-order valence-electron chi connectivity index (χ2n) is 5.57. The summed E-state index contributed by atoms with van der Waals surface area (Å²) in [6.07, 6.45) is 1.83. The molecule has 0 bridgehead atoms. The van der Waals surface area contributed by atoms with Gasteiger partial charge < -0.3 is 0 Å². The number of non-ortho nitro benzene ring substituents is 1. The molecule has 0 aliphatic rings. The molecule has 0 radical (unpaired) electrons. The minimum absolute atomic E-state index is 0.0705. The van der Waals surface area contributed by atoms with Crippen molar-refractivity contribution in [1.82, 2.24) is 30.0 Å². The van der Waals surface area contributed by atoms with Crippen LogP contribution in [0.25, 0.3) is 11.0 Å². The van der Waals surface area contributed by atoms with Crippen molar-refractivity contribution in [1.29, 1.82) is 0 Å². The van der Waals surface area contributed by atoms with Gasteiger partial charge in [0.1, 0.15) is 11.2 Å². The molecular formula is C16H13N7O2. The van der Waals surface area contributed by atoms with Gasteiger partial charge in [0.25, 0.3) is 5.69 Å². The van der Waals surface area contributed by atoms with Crippen molar-refractivity contribution in [3.63, 3.8) is 0 Å². The van der Waals surface area contributed by atoms with E-state index >= 15 is 0 Å². The molecule has 0 unspecified atom stereocenters. The zero-order valence-corrected chi connectivity index (χ0v) is 13.1. The Morgan fingerprint density at radius 1 is 0.960 bits per heavy atom. The van der Waals surface area contributed by atoms with E-state index in [9.17, 15) is 10.1 Å². The molecule has 0 spiro atoms. The molecule has 25 heavy (non-hydrogen) atoms. The van der Waals surface area contributed by atoms with Crippen LogP contribution in [0.4, 0.5) is 5.69 Å². The average Bonchev–Trinajstić information content (AvgIpc) is 3.23. The largest absolute Gasteiger partial charge is 0.269 e. The van der Waals surface area contributed by atoms with E-state index in [4.69, 9.17) is 0 Å². The van der Waals surface area contributed by atoms with Crippen LogP contribution >= 0.6 is 0 Å². The van der Waals surface area contributed by atoms with Gasteiger partial charge >= 0.3 is 0 Å². The van der Waals surface area contributed by atoms with E-state index in [1.165, 1.54) is 12.1 Å². The van der Waals surface area contributed by atoms with Crippen LogP contribution < -0.4 is 0 Å². The second kappa shape index (κ2) is 6.11. The highest BCUT2D eigenvalue weighted by Crippen LogP contribution is 2.13. The highest BCUT2D eigenvalue weighted by Gasteiger charge is 2.08. The molecule has 4 aromatic rings. The molecule has 2 aromatic carbocycles. The first-order valence-electron chi connectivity index (χ1n) is 7.59. The van der Waals surface area contributed by atoms with Crippen LogP contribution in [0.15, 0.2) is 54.7 Å². The van der Waals surface area contributed by atoms with Gasteiger partial charge in [0.2, 0.25) is 0 Å². The van der Waals surface area contributed by atoms with Gasteiger partial charge in [-0.25, -0.2) is 9.36 Å². The summed E-state index contributed by atoms with van der Waals surface area (Å²) in [6.45, 7) is 0.962. The molecule has 0 saturated heterocycles. The number of benzene rings is 2. The standard InChI is InChI=1S/C16H13N7O2/c24-23(25)14-7-5-12(6-8-14)9-21-10-13(17-19-21)11-22-16-4-2-1-3-15(16)18-20-22/h1-8,10H,9,11H2. The van der Waals surface area contributed by atoms with E-state index in [-0.39, 0.29) is 5.69 Å². The smallest absolute Gasteiger partial charge is 0.258 e. The molecule has 0 fully saturated rings. The van der Waals surface area contributed by atoms with Crippen LogP contribution in [0.3, 0.4) is 0 Å². The molecule has 0 amide bonds. The maximum atomic E-state index is 10.7. The number of para-hydroxylation sites is 1. The number of aromatic nitrogens is 6. The number of nitro groups is 1. The Labute approximate surface area is 141 Å². The molecule has 0 aliphatic carbocycles. The third-order valence-corrected chi connectivity index (χ3v) is 3.81. The Hall–Kier alpha value is -3.62. The summed E-state index contributed by atoms with van der Waals surface area (Å²) in [5, 5.41) is 27.2. The summed E-state index contributed by atoms with van der Waals surface area (Å²) in [7, 11) is 0. The lowest BCUT2D eigenvalue weighted by molar-refractivity contribution is -0.384. The van der Waals surface area contributed by atoms with Crippen molar-refractivity contribution in [3.05, 3.63) is 76.1 Å².